The van der Waals surface area contributed by atoms with Crippen LogP contribution in [0.25, 0.3) is 0 Å². The van der Waals surface area contributed by atoms with Crippen LogP contribution in [0.2, 0.25) is 0 Å². The van der Waals surface area contributed by atoms with Gasteiger partial charge in [0.1, 0.15) is 11.9 Å². The van der Waals surface area contributed by atoms with Gasteiger partial charge in [-0.15, -0.1) is 0 Å². The number of ether oxygens (including phenoxy) is 1. The minimum Gasteiger partial charge on any atom is -0.370 e. The summed E-state index contributed by atoms with van der Waals surface area (Å²) >= 11 is 0. The van der Waals surface area contributed by atoms with E-state index in [-0.39, 0.29) is 17.8 Å². The molecular weight excluding hydrogens is 333 g/mol. The van der Waals surface area contributed by atoms with E-state index in [1.165, 1.54) is 31.4 Å². The minimum atomic E-state index is -0.254. The van der Waals surface area contributed by atoms with Crippen molar-refractivity contribution in [2.24, 2.45) is 5.92 Å². The van der Waals surface area contributed by atoms with E-state index >= 15 is 0 Å². The topological polar surface area (TPSA) is 44.8 Å². The molecule has 6 heteroatoms. The molecule has 2 aliphatic rings. The van der Waals surface area contributed by atoms with Crippen molar-refractivity contribution >= 4 is 5.91 Å². The van der Waals surface area contributed by atoms with Gasteiger partial charge in [-0.1, -0.05) is 12.1 Å². The molecule has 2 fully saturated rings. The summed E-state index contributed by atoms with van der Waals surface area (Å²) in [4.78, 5) is 16.9. The van der Waals surface area contributed by atoms with Crippen LogP contribution in [0.1, 0.15) is 30.9 Å². The van der Waals surface area contributed by atoms with Crippen LogP contribution in [0.3, 0.4) is 0 Å². The Kier molecular flexibility index (Phi) is 7.00. The second-order valence-electron chi connectivity index (χ2n) is 7.36. The molecule has 5 nitrogen and oxygen atoms in total. The third-order valence-electron chi connectivity index (χ3n) is 5.53. The molecule has 1 atom stereocenters. The third-order valence-corrected chi connectivity index (χ3v) is 5.53. The summed E-state index contributed by atoms with van der Waals surface area (Å²) in [6.07, 6.45) is 3.41. The van der Waals surface area contributed by atoms with Gasteiger partial charge in [0.25, 0.3) is 0 Å². The highest BCUT2D eigenvalue weighted by Crippen LogP contribution is 2.23. The second kappa shape index (κ2) is 9.44. The van der Waals surface area contributed by atoms with Gasteiger partial charge in [-0.05, 0) is 69.6 Å². The highest BCUT2D eigenvalue weighted by Gasteiger charge is 2.27. The van der Waals surface area contributed by atoms with Crippen molar-refractivity contribution in [2.75, 3.05) is 52.9 Å². The fraction of sp³-hybridized carbons (Fsp3) is 0.650. The fourth-order valence-corrected chi connectivity index (χ4v) is 3.83. The molecule has 1 aromatic rings. The van der Waals surface area contributed by atoms with E-state index < -0.39 is 0 Å². The summed E-state index contributed by atoms with van der Waals surface area (Å²) in [6.45, 7) is 5.28. The van der Waals surface area contributed by atoms with Gasteiger partial charge < -0.3 is 15.0 Å². The van der Waals surface area contributed by atoms with E-state index in [4.69, 9.17) is 4.74 Å². The number of carbonyl (C=O) groups is 1. The number of piperidine rings is 1. The number of amides is 1. The number of rotatable bonds is 6. The first-order chi connectivity index (χ1) is 12.7. The maximum absolute atomic E-state index is 13.1. The molecule has 1 unspecified atom stereocenters. The molecule has 0 aliphatic carbocycles. The Bertz CT molecular complexity index is 573. The van der Waals surface area contributed by atoms with E-state index in [9.17, 15) is 9.18 Å². The first kappa shape index (κ1) is 19.3. The molecule has 1 N–H and O–H groups in total. The number of nitrogens with zero attached hydrogens (tertiary/aromatic N) is 2. The number of nitrogens with one attached hydrogen (secondary N) is 1. The van der Waals surface area contributed by atoms with Gasteiger partial charge in [-0.2, -0.15) is 0 Å². The van der Waals surface area contributed by atoms with Gasteiger partial charge in [-0.3, -0.25) is 9.69 Å². The summed E-state index contributed by atoms with van der Waals surface area (Å²) in [5, 5.41) is 3.22. The van der Waals surface area contributed by atoms with Crippen LogP contribution >= 0.6 is 0 Å². The molecule has 0 spiro atoms. The largest absolute Gasteiger partial charge is 0.370 e. The summed E-state index contributed by atoms with van der Waals surface area (Å²) in [5.41, 5.74) is 0.925. The Labute approximate surface area is 155 Å². The van der Waals surface area contributed by atoms with Crippen molar-refractivity contribution in [3.8, 4) is 0 Å². The Morgan fingerprint density at radius 3 is 2.65 bits per heavy atom. The number of benzene rings is 1. The summed E-state index contributed by atoms with van der Waals surface area (Å²) in [5.74, 6) is 0.699. The molecule has 1 amide bonds. The molecular formula is C20H30FN3O2. The quantitative estimate of drug-likeness (QED) is 0.840. The smallest absolute Gasteiger partial charge is 0.236 e. The van der Waals surface area contributed by atoms with Crippen molar-refractivity contribution in [1.29, 1.82) is 0 Å². The highest BCUT2D eigenvalue weighted by molar-refractivity contribution is 5.78. The minimum absolute atomic E-state index is 0.166. The molecule has 3 rings (SSSR count). The van der Waals surface area contributed by atoms with Gasteiger partial charge >= 0.3 is 0 Å². The zero-order valence-corrected chi connectivity index (χ0v) is 15.6. The van der Waals surface area contributed by atoms with Crippen LogP contribution in [-0.2, 0) is 9.53 Å². The van der Waals surface area contributed by atoms with E-state index in [0.717, 1.165) is 31.1 Å². The molecule has 1 aromatic carbocycles. The molecule has 2 heterocycles. The fourth-order valence-electron chi connectivity index (χ4n) is 3.83. The lowest BCUT2D eigenvalue weighted by Crippen LogP contribution is -2.48. The SMILES string of the molecule is CNCCC1CCN(CC(=O)N2CCOC(c3ccc(F)cc3)C2)CC1. The van der Waals surface area contributed by atoms with Gasteiger partial charge in [0.2, 0.25) is 5.91 Å². The Morgan fingerprint density at radius 1 is 1.23 bits per heavy atom. The van der Waals surface area contributed by atoms with Crippen molar-refractivity contribution in [3.63, 3.8) is 0 Å². The maximum atomic E-state index is 13.1. The first-order valence-electron chi connectivity index (χ1n) is 9.67. The zero-order chi connectivity index (χ0) is 18.4. The van der Waals surface area contributed by atoms with Crippen molar-refractivity contribution < 1.29 is 13.9 Å². The second-order valence-corrected chi connectivity index (χ2v) is 7.36. The average molecular weight is 363 g/mol. The van der Waals surface area contributed by atoms with Crippen LogP contribution in [0.4, 0.5) is 4.39 Å². The van der Waals surface area contributed by atoms with Crippen molar-refractivity contribution in [2.45, 2.75) is 25.4 Å². The number of likely N-dealkylation sites (tertiary alicyclic amines) is 1. The van der Waals surface area contributed by atoms with E-state index in [1.807, 2.05) is 11.9 Å². The van der Waals surface area contributed by atoms with Gasteiger partial charge in [0, 0.05) is 6.54 Å². The number of carbonyl (C=O) groups excluding carboxylic acids is 1. The Morgan fingerprint density at radius 2 is 1.96 bits per heavy atom. The molecule has 0 bridgehead atoms. The average Bonchev–Trinajstić information content (AvgIpc) is 2.68. The number of hydrogen-bond acceptors (Lipinski definition) is 4. The molecule has 26 heavy (non-hydrogen) atoms. The lowest BCUT2D eigenvalue weighted by molar-refractivity contribution is -0.140. The zero-order valence-electron chi connectivity index (χ0n) is 15.6. The summed E-state index contributed by atoms with van der Waals surface area (Å²) < 4.78 is 18.9. The molecule has 0 saturated carbocycles. The monoisotopic (exact) mass is 363 g/mol. The van der Waals surface area contributed by atoms with Gasteiger partial charge in [0.15, 0.2) is 0 Å². The summed E-state index contributed by atoms with van der Waals surface area (Å²) in [7, 11) is 2.00. The molecule has 2 saturated heterocycles. The van der Waals surface area contributed by atoms with Crippen LogP contribution < -0.4 is 5.32 Å². The van der Waals surface area contributed by atoms with Gasteiger partial charge in [0.05, 0.1) is 19.7 Å². The lowest BCUT2D eigenvalue weighted by Gasteiger charge is -2.36. The lowest BCUT2D eigenvalue weighted by atomic mass is 9.93. The predicted molar refractivity (Wildman–Crippen MR) is 99.4 cm³/mol. The van der Waals surface area contributed by atoms with E-state index in [0.29, 0.717) is 26.2 Å². The standard InChI is InChI=1S/C20H30FN3O2/c1-22-9-6-16-7-10-23(11-8-16)15-20(25)24-12-13-26-19(14-24)17-2-4-18(21)5-3-17/h2-5,16,19,22H,6-15H2,1H3. The Hall–Kier alpha value is -1.50. The Balaban J connectivity index is 1.46. The molecule has 144 valence electrons. The van der Waals surface area contributed by atoms with E-state index in [1.54, 1.807) is 12.1 Å². The normalized spacial score (nSPS) is 22.5. The number of hydrogen-bond donors (Lipinski definition) is 1. The van der Waals surface area contributed by atoms with Crippen LogP contribution in [0, 0.1) is 11.7 Å². The van der Waals surface area contributed by atoms with E-state index in [2.05, 4.69) is 10.2 Å². The predicted octanol–water partition coefficient (Wildman–Crippen LogP) is 2.05. The van der Waals surface area contributed by atoms with Crippen molar-refractivity contribution in [1.82, 2.24) is 15.1 Å². The molecule has 0 aromatic heterocycles. The van der Waals surface area contributed by atoms with Crippen molar-refractivity contribution in [3.05, 3.63) is 35.6 Å². The number of morpholine rings is 1. The highest BCUT2D eigenvalue weighted by atomic mass is 19.1. The van der Waals surface area contributed by atoms with Crippen LogP contribution in [0.15, 0.2) is 24.3 Å². The first-order valence-corrected chi connectivity index (χ1v) is 9.67. The maximum Gasteiger partial charge on any atom is 0.236 e. The summed E-state index contributed by atoms with van der Waals surface area (Å²) in [6, 6.07) is 6.36. The number of halogens is 1. The van der Waals surface area contributed by atoms with Gasteiger partial charge in [-0.25, -0.2) is 4.39 Å². The molecule has 0 radical (unpaired) electrons. The van der Waals surface area contributed by atoms with Crippen LogP contribution in [0.5, 0.6) is 0 Å². The van der Waals surface area contributed by atoms with Crippen LogP contribution in [-0.4, -0.2) is 68.6 Å². The molecule has 2 aliphatic heterocycles. The third kappa shape index (κ3) is 5.25.